The number of aromatic nitrogens is 2. The van der Waals surface area contributed by atoms with E-state index >= 15 is 0 Å². The van der Waals surface area contributed by atoms with Gasteiger partial charge in [0.15, 0.2) is 0 Å². The minimum Gasteiger partial charge on any atom is -0.358 e. The number of hydrogen-bond acceptors (Lipinski definition) is 3. The van der Waals surface area contributed by atoms with Gasteiger partial charge in [-0.05, 0) is 6.54 Å². The summed E-state index contributed by atoms with van der Waals surface area (Å²) in [7, 11) is 1.63. The van der Waals surface area contributed by atoms with Gasteiger partial charge in [0, 0.05) is 26.2 Å². The van der Waals surface area contributed by atoms with E-state index in [1.165, 1.54) is 0 Å². The van der Waals surface area contributed by atoms with Crippen LogP contribution < -0.4 is 10.6 Å². The molecule has 0 aliphatic carbocycles. The highest BCUT2D eigenvalue weighted by Gasteiger charge is 2.01. The summed E-state index contributed by atoms with van der Waals surface area (Å²) in [6, 6.07) is 0. The van der Waals surface area contributed by atoms with Crippen LogP contribution in [0, 0.1) is 0 Å². The molecule has 0 unspecified atom stereocenters. The van der Waals surface area contributed by atoms with Crippen molar-refractivity contribution < 1.29 is 4.79 Å². The van der Waals surface area contributed by atoms with Crippen LogP contribution in [0.25, 0.3) is 0 Å². The van der Waals surface area contributed by atoms with E-state index in [0.717, 1.165) is 25.2 Å². The molecule has 5 nitrogen and oxygen atoms in total. The summed E-state index contributed by atoms with van der Waals surface area (Å²) in [6.07, 6.45) is 4.50. The lowest BCUT2D eigenvalue weighted by Gasteiger charge is -1.99. The van der Waals surface area contributed by atoms with Crippen molar-refractivity contribution in [3.05, 3.63) is 18.2 Å². The number of hydrogen-bond donors (Lipinski definition) is 2. The SMILES string of the molecule is CCNCCc1cn(CC(=O)NC)cn1. The van der Waals surface area contributed by atoms with E-state index in [1.807, 2.05) is 6.20 Å². The quantitative estimate of drug-likeness (QED) is 0.638. The van der Waals surface area contributed by atoms with Crippen molar-refractivity contribution in [2.45, 2.75) is 19.9 Å². The summed E-state index contributed by atoms with van der Waals surface area (Å²) in [5.41, 5.74) is 1.01. The number of amides is 1. The Hall–Kier alpha value is -1.36. The molecule has 0 atom stereocenters. The Bertz CT molecular complexity index is 308. The van der Waals surface area contributed by atoms with E-state index < -0.39 is 0 Å². The molecule has 1 aromatic rings. The van der Waals surface area contributed by atoms with Crippen molar-refractivity contribution in [1.82, 2.24) is 20.2 Å². The zero-order valence-corrected chi connectivity index (χ0v) is 9.29. The summed E-state index contributed by atoms with van der Waals surface area (Å²) < 4.78 is 1.79. The molecule has 0 aliphatic heterocycles. The van der Waals surface area contributed by atoms with Crippen molar-refractivity contribution >= 4 is 5.91 Å². The molecule has 0 saturated heterocycles. The molecule has 0 saturated carbocycles. The van der Waals surface area contributed by atoms with Gasteiger partial charge in [-0.1, -0.05) is 6.92 Å². The molecule has 0 aliphatic rings. The zero-order chi connectivity index (χ0) is 11.1. The summed E-state index contributed by atoms with van der Waals surface area (Å²) in [5, 5.41) is 5.80. The molecule has 2 N–H and O–H groups in total. The fourth-order valence-corrected chi connectivity index (χ4v) is 1.26. The Morgan fingerprint density at radius 1 is 1.60 bits per heavy atom. The van der Waals surface area contributed by atoms with Gasteiger partial charge in [0.2, 0.25) is 5.91 Å². The smallest absolute Gasteiger partial charge is 0.239 e. The highest BCUT2D eigenvalue weighted by atomic mass is 16.1. The third-order valence-corrected chi connectivity index (χ3v) is 2.10. The van der Waals surface area contributed by atoms with Crippen molar-refractivity contribution in [2.24, 2.45) is 0 Å². The van der Waals surface area contributed by atoms with E-state index in [2.05, 4.69) is 22.5 Å². The van der Waals surface area contributed by atoms with Gasteiger partial charge in [-0.3, -0.25) is 4.79 Å². The minimum atomic E-state index is -0.00867. The number of nitrogens with zero attached hydrogens (tertiary/aromatic N) is 2. The van der Waals surface area contributed by atoms with E-state index in [0.29, 0.717) is 6.54 Å². The van der Waals surface area contributed by atoms with Crippen molar-refractivity contribution in [1.29, 1.82) is 0 Å². The molecule has 1 aromatic heterocycles. The van der Waals surface area contributed by atoms with Crippen molar-refractivity contribution in [3.63, 3.8) is 0 Å². The third-order valence-electron chi connectivity index (χ3n) is 2.10. The number of carbonyl (C=O) groups is 1. The molecular formula is C10H18N4O. The van der Waals surface area contributed by atoms with Gasteiger partial charge in [-0.15, -0.1) is 0 Å². The lowest BCUT2D eigenvalue weighted by Crippen LogP contribution is -2.22. The van der Waals surface area contributed by atoms with Crippen LogP contribution in [0.3, 0.4) is 0 Å². The van der Waals surface area contributed by atoms with E-state index in [-0.39, 0.29) is 5.91 Å². The summed E-state index contributed by atoms with van der Waals surface area (Å²) in [6.45, 7) is 4.31. The zero-order valence-electron chi connectivity index (χ0n) is 9.29. The van der Waals surface area contributed by atoms with E-state index in [1.54, 1.807) is 17.9 Å². The highest BCUT2D eigenvalue weighted by Crippen LogP contribution is 1.96. The van der Waals surface area contributed by atoms with Gasteiger partial charge in [0.1, 0.15) is 6.54 Å². The largest absolute Gasteiger partial charge is 0.358 e. The molecule has 1 rings (SSSR count). The first-order valence-electron chi connectivity index (χ1n) is 5.18. The number of nitrogens with one attached hydrogen (secondary N) is 2. The Morgan fingerprint density at radius 2 is 2.40 bits per heavy atom. The summed E-state index contributed by atoms with van der Waals surface area (Å²) >= 11 is 0. The van der Waals surface area contributed by atoms with Gasteiger partial charge < -0.3 is 15.2 Å². The molecule has 0 fully saturated rings. The molecule has 0 radical (unpaired) electrons. The first-order valence-corrected chi connectivity index (χ1v) is 5.18. The van der Waals surface area contributed by atoms with Gasteiger partial charge in [0.05, 0.1) is 12.0 Å². The van der Waals surface area contributed by atoms with Crippen LogP contribution in [-0.4, -0.2) is 35.6 Å². The molecule has 1 heterocycles. The summed E-state index contributed by atoms with van der Waals surface area (Å²) in [4.78, 5) is 15.3. The average Bonchev–Trinajstić information content (AvgIpc) is 2.66. The second-order valence-electron chi connectivity index (χ2n) is 3.31. The predicted octanol–water partition coefficient (Wildman–Crippen LogP) is -0.219. The molecule has 5 heteroatoms. The second kappa shape index (κ2) is 6.19. The Labute approximate surface area is 89.9 Å². The normalized spacial score (nSPS) is 10.3. The minimum absolute atomic E-state index is 0.00867. The number of carbonyl (C=O) groups excluding carboxylic acids is 1. The summed E-state index contributed by atoms with van der Waals surface area (Å²) in [5.74, 6) is -0.00867. The third kappa shape index (κ3) is 4.12. The predicted molar refractivity (Wildman–Crippen MR) is 58.5 cm³/mol. The molecule has 0 aromatic carbocycles. The van der Waals surface area contributed by atoms with Crippen LogP contribution >= 0.6 is 0 Å². The van der Waals surface area contributed by atoms with Crippen molar-refractivity contribution in [3.8, 4) is 0 Å². The molecule has 0 spiro atoms. The molecule has 84 valence electrons. The van der Waals surface area contributed by atoms with E-state index in [4.69, 9.17) is 0 Å². The Balaban J connectivity index is 2.38. The second-order valence-corrected chi connectivity index (χ2v) is 3.31. The van der Waals surface area contributed by atoms with Crippen LogP contribution in [0.5, 0.6) is 0 Å². The van der Waals surface area contributed by atoms with Gasteiger partial charge in [-0.25, -0.2) is 4.98 Å². The standard InChI is InChI=1S/C10H18N4O/c1-3-12-5-4-9-6-14(8-13-9)7-10(15)11-2/h6,8,12H,3-5,7H2,1-2H3,(H,11,15). The van der Waals surface area contributed by atoms with Crippen molar-refractivity contribution in [2.75, 3.05) is 20.1 Å². The number of imidazole rings is 1. The Kier molecular flexibility index (Phi) is 4.83. The maximum atomic E-state index is 11.1. The first-order chi connectivity index (χ1) is 7.26. The molecule has 15 heavy (non-hydrogen) atoms. The number of rotatable bonds is 6. The lowest BCUT2D eigenvalue weighted by atomic mass is 10.3. The fourth-order valence-electron chi connectivity index (χ4n) is 1.26. The Morgan fingerprint density at radius 3 is 3.07 bits per heavy atom. The molecule has 1 amide bonds. The van der Waals surface area contributed by atoms with Crippen LogP contribution in [0.1, 0.15) is 12.6 Å². The maximum absolute atomic E-state index is 11.1. The van der Waals surface area contributed by atoms with Crippen LogP contribution in [0.4, 0.5) is 0 Å². The first kappa shape index (κ1) is 11.7. The molecular weight excluding hydrogens is 192 g/mol. The molecule has 0 bridgehead atoms. The van der Waals surface area contributed by atoms with Crippen LogP contribution in [0.2, 0.25) is 0 Å². The van der Waals surface area contributed by atoms with E-state index in [9.17, 15) is 4.79 Å². The van der Waals surface area contributed by atoms with Gasteiger partial charge in [0.25, 0.3) is 0 Å². The fraction of sp³-hybridized carbons (Fsp3) is 0.600. The highest BCUT2D eigenvalue weighted by molar-refractivity contribution is 5.75. The van der Waals surface area contributed by atoms with Crippen LogP contribution in [-0.2, 0) is 17.8 Å². The monoisotopic (exact) mass is 210 g/mol. The average molecular weight is 210 g/mol. The van der Waals surface area contributed by atoms with Gasteiger partial charge in [-0.2, -0.15) is 0 Å². The van der Waals surface area contributed by atoms with Crippen LogP contribution in [0.15, 0.2) is 12.5 Å². The lowest BCUT2D eigenvalue weighted by molar-refractivity contribution is -0.121. The maximum Gasteiger partial charge on any atom is 0.239 e. The van der Waals surface area contributed by atoms with Gasteiger partial charge >= 0.3 is 0 Å². The topological polar surface area (TPSA) is 59.0 Å². The number of likely N-dealkylation sites (N-methyl/N-ethyl adjacent to an activating group) is 2.